The lowest BCUT2D eigenvalue weighted by Gasteiger charge is -2.22. The monoisotopic (exact) mass is 391 g/mol. The van der Waals surface area contributed by atoms with Crippen molar-refractivity contribution in [3.63, 3.8) is 0 Å². The van der Waals surface area contributed by atoms with Gasteiger partial charge in [0.25, 0.3) is 11.5 Å². The van der Waals surface area contributed by atoms with E-state index in [0.29, 0.717) is 16.5 Å². The fraction of sp³-hybridized carbons (Fsp3) is 0.286. The van der Waals surface area contributed by atoms with Gasteiger partial charge < -0.3 is 5.32 Å². The molecular formula is C21H21N5O3. The summed E-state index contributed by atoms with van der Waals surface area (Å²) >= 11 is 0. The highest BCUT2D eigenvalue weighted by Crippen LogP contribution is 2.29. The molecule has 4 rings (SSSR count). The van der Waals surface area contributed by atoms with Gasteiger partial charge in [-0.3, -0.25) is 9.59 Å². The summed E-state index contributed by atoms with van der Waals surface area (Å²) in [5.41, 5.74) is 0.716. The second kappa shape index (κ2) is 7.12. The first-order valence-electron chi connectivity index (χ1n) is 9.50. The number of carbonyl (C=O) groups excluding carboxylic acids is 2. The SMILES string of the molecule is CCCc1ccc(C2(C)NC(=O)N(Cn3nnc4ccccc4c3=O)C2=O)cc1. The fourth-order valence-corrected chi connectivity index (χ4v) is 3.56. The average Bonchev–Trinajstić information content (AvgIpc) is 2.95. The predicted octanol–water partition coefficient (Wildman–Crippen LogP) is 2.17. The van der Waals surface area contributed by atoms with E-state index in [1.807, 2.05) is 24.3 Å². The molecule has 0 aliphatic carbocycles. The number of fused-ring (bicyclic) bond motifs is 1. The number of urea groups is 1. The largest absolute Gasteiger partial charge is 0.326 e. The summed E-state index contributed by atoms with van der Waals surface area (Å²) in [6.45, 7) is 3.47. The number of carbonyl (C=O) groups is 2. The molecule has 148 valence electrons. The van der Waals surface area contributed by atoms with E-state index in [1.165, 1.54) is 5.56 Å². The van der Waals surface area contributed by atoms with Crippen molar-refractivity contribution in [2.45, 2.75) is 38.9 Å². The molecule has 0 saturated carbocycles. The van der Waals surface area contributed by atoms with E-state index in [2.05, 4.69) is 22.6 Å². The van der Waals surface area contributed by atoms with Crippen molar-refractivity contribution >= 4 is 22.8 Å². The van der Waals surface area contributed by atoms with E-state index >= 15 is 0 Å². The molecule has 29 heavy (non-hydrogen) atoms. The summed E-state index contributed by atoms with van der Waals surface area (Å²) < 4.78 is 1.02. The highest BCUT2D eigenvalue weighted by Gasteiger charge is 2.49. The molecule has 1 aromatic heterocycles. The molecule has 1 unspecified atom stereocenters. The van der Waals surface area contributed by atoms with Crippen molar-refractivity contribution in [2.75, 3.05) is 0 Å². The van der Waals surface area contributed by atoms with Crippen LogP contribution in [-0.2, 0) is 23.4 Å². The highest BCUT2D eigenvalue weighted by molar-refractivity contribution is 6.06. The summed E-state index contributed by atoms with van der Waals surface area (Å²) in [6, 6.07) is 13.9. The van der Waals surface area contributed by atoms with E-state index in [1.54, 1.807) is 31.2 Å². The zero-order chi connectivity index (χ0) is 20.6. The highest BCUT2D eigenvalue weighted by atomic mass is 16.2. The third-order valence-corrected chi connectivity index (χ3v) is 5.25. The third kappa shape index (κ3) is 3.16. The lowest BCUT2D eigenvalue weighted by molar-refractivity contribution is -0.132. The van der Waals surface area contributed by atoms with Crippen LogP contribution in [0.2, 0.25) is 0 Å². The van der Waals surface area contributed by atoms with Crippen LogP contribution >= 0.6 is 0 Å². The van der Waals surface area contributed by atoms with Crippen LogP contribution in [-0.4, -0.2) is 31.8 Å². The molecule has 1 atom stereocenters. The maximum Gasteiger partial charge on any atom is 0.326 e. The Hall–Kier alpha value is -3.55. The molecule has 3 amide bonds. The molecule has 8 heteroatoms. The quantitative estimate of drug-likeness (QED) is 0.673. The van der Waals surface area contributed by atoms with Crippen LogP contribution in [0.3, 0.4) is 0 Å². The minimum Gasteiger partial charge on any atom is -0.319 e. The first-order chi connectivity index (χ1) is 13.9. The molecule has 0 spiro atoms. The first-order valence-corrected chi connectivity index (χ1v) is 9.50. The molecule has 0 bridgehead atoms. The number of amides is 3. The molecule has 1 aliphatic heterocycles. The lowest BCUT2D eigenvalue weighted by atomic mass is 9.91. The average molecular weight is 391 g/mol. The van der Waals surface area contributed by atoms with Crippen LogP contribution in [0.25, 0.3) is 10.9 Å². The topological polar surface area (TPSA) is 97.2 Å². The lowest BCUT2D eigenvalue weighted by Crippen LogP contribution is -2.42. The number of rotatable bonds is 5. The van der Waals surface area contributed by atoms with Gasteiger partial charge in [-0.05, 0) is 36.6 Å². The second-order valence-electron chi connectivity index (χ2n) is 7.29. The summed E-state index contributed by atoms with van der Waals surface area (Å²) in [5, 5.41) is 11.0. The molecule has 0 radical (unpaired) electrons. The number of imide groups is 1. The predicted molar refractivity (Wildman–Crippen MR) is 107 cm³/mol. The van der Waals surface area contributed by atoms with E-state index < -0.39 is 23.0 Å². The maximum atomic E-state index is 13.1. The summed E-state index contributed by atoms with van der Waals surface area (Å²) in [4.78, 5) is 39.3. The van der Waals surface area contributed by atoms with E-state index in [4.69, 9.17) is 0 Å². The summed E-state index contributed by atoms with van der Waals surface area (Å²) in [5.74, 6) is -0.437. The molecule has 1 saturated heterocycles. The van der Waals surface area contributed by atoms with Crippen LogP contribution in [0.15, 0.2) is 53.3 Å². The van der Waals surface area contributed by atoms with Gasteiger partial charge in [0.2, 0.25) is 0 Å². The number of aromatic nitrogens is 3. The van der Waals surface area contributed by atoms with Crippen molar-refractivity contribution in [2.24, 2.45) is 0 Å². The van der Waals surface area contributed by atoms with Crippen molar-refractivity contribution in [1.82, 2.24) is 25.2 Å². The molecule has 1 aliphatic rings. The van der Waals surface area contributed by atoms with Gasteiger partial charge in [-0.15, -0.1) is 5.10 Å². The molecule has 2 heterocycles. The van der Waals surface area contributed by atoms with Gasteiger partial charge >= 0.3 is 6.03 Å². The molecule has 8 nitrogen and oxygen atoms in total. The van der Waals surface area contributed by atoms with Gasteiger partial charge in [0, 0.05) is 0 Å². The number of hydrogen-bond acceptors (Lipinski definition) is 5. The summed E-state index contributed by atoms with van der Waals surface area (Å²) in [7, 11) is 0. The van der Waals surface area contributed by atoms with Crippen molar-refractivity contribution < 1.29 is 9.59 Å². The number of hydrogen-bond donors (Lipinski definition) is 1. The minimum atomic E-state index is -1.20. The molecule has 2 aromatic carbocycles. The van der Waals surface area contributed by atoms with Gasteiger partial charge in [0.05, 0.1) is 5.39 Å². The molecular weight excluding hydrogens is 370 g/mol. The van der Waals surface area contributed by atoms with E-state index in [0.717, 1.165) is 22.4 Å². The Bertz CT molecular complexity index is 1150. The normalized spacial score (nSPS) is 19.0. The minimum absolute atomic E-state index is 0.301. The van der Waals surface area contributed by atoms with Crippen LogP contribution in [0.4, 0.5) is 4.79 Å². The fourth-order valence-electron chi connectivity index (χ4n) is 3.56. The van der Waals surface area contributed by atoms with Gasteiger partial charge in [0.1, 0.15) is 17.7 Å². The van der Waals surface area contributed by atoms with Crippen LogP contribution in [0.5, 0.6) is 0 Å². The molecule has 1 fully saturated rings. The van der Waals surface area contributed by atoms with Crippen molar-refractivity contribution in [3.05, 3.63) is 70.0 Å². The Kier molecular flexibility index (Phi) is 4.62. The van der Waals surface area contributed by atoms with Crippen molar-refractivity contribution in [3.8, 4) is 0 Å². The Morgan fingerprint density at radius 3 is 2.48 bits per heavy atom. The van der Waals surface area contributed by atoms with Crippen LogP contribution < -0.4 is 10.9 Å². The zero-order valence-corrected chi connectivity index (χ0v) is 16.3. The molecule has 1 N–H and O–H groups in total. The smallest absolute Gasteiger partial charge is 0.319 e. The van der Waals surface area contributed by atoms with Gasteiger partial charge in [-0.25, -0.2) is 9.69 Å². The van der Waals surface area contributed by atoms with Crippen LogP contribution in [0, 0.1) is 0 Å². The Morgan fingerprint density at radius 1 is 1.03 bits per heavy atom. The standard InChI is InChI=1S/C21H21N5O3/c1-3-6-14-9-11-15(12-10-14)21(2)19(28)25(20(29)22-21)13-26-18(27)16-7-4-5-8-17(16)23-24-26/h4-5,7-12H,3,6,13H2,1-2H3,(H,22,29). The number of nitrogens with zero attached hydrogens (tertiary/aromatic N) is 4. The van der Waals surface area contributed by atoms with E-state index in [-0.39, 0.29) is 6.67 Å². The Morgan fingerprint density at radius 2 is 1.76 bits per heavy atom. The van der Waals surface area contributed by atoms with Crippen molar-refractivity contribution in [1.29, 1.82) is 0 Å². The molecule has 3 aromatic rings. The van der Waals surface area contributed by atoms with E-state index in [9.17, 15) is 14.4 Å². The first kappa shape index (κ1) is 18.8. The second-order valence-corrected chi connectivity index (χ2v) is 7.29. The van der Waals surface area contributed by atoms with Gasteiger partial charge in [0.15, 0.2) is 0 Å². The van der Waals surface area contributed by atoms with Crippen LogP contribution in [0.1, 0.15) is 31.4 Å². The Labute approximate surface area is 167 Å². The number of nitrogens with one attached hydrogen (secondary N) is 1. The zero-order valence-electron chi connectivity index (χ0n) is 16.3. The number of benzene rings is 2. The maximum absolute atomic E-state index is 13.1. The van der Waals surface area contributed by atoms with Gasteiger partial charge in [-0.1, -0.05) is 55.0 Å². The third-order valence-electron chi connectivity index (χ3n) is 5.25. The van der Waals surface area contributed by atoms with Gasteiger partial charge in [-0.2, -0.15) is 4.68 Å². The summed E-state index contributed by atoms with van der Waals surface area (Å²) in [6.07, 6.45) is 1.98. The Balaban J connectivity index is 1.63. The number of aryl methyl sites for hydroxylation is 1.